The van der Waals surface area contributed by atoms with E-state index in [1.807, 2.05) is 24.3 Å². The van der Waals surface area contributed by atoms with E-state index in [2.05, 4.69) is 37.9 Å². The molecule has 5 heteroatoms. The summed E-state index contributed by atoms with van der Waals surface area (Å²) in [5, 5.41) is 0.759. The van der Waals surface area contributed by atoms with Gasteiger partial charge in [0.25, 0.3) is 0 Å². The van der Waals surface area contributed by atoms with Gasteiger partial charge in [-0.25, -0.2) is 0 Å². The highest BCUT2D eigenvalue weighted by Gasteiger charge is 2.30. The fourth-order valence-corrected chi connectivity index (χ4v) is 4.54. The molecule has 3 rings (SSSR count). The lowest BCUT2D eigenvalue weighted by Crippen LogP contribution is -2.18. The fraction of sp³-hybridized carbons (Fsp3) is 0.231. The van der Waals surface area contributed by atoms with Gasteiger partial charge in [-0.2, -0.15) is 0 Å². The van der Waals surface area contributed by atoms with Crippen molar-refractivity contribution in [2.45, 2.75) is 17.4 Å². The number of benzene rings is 1. The third kappa shape index (κ3) is 2.36. The van der Waals surface area contributed by atoms with Gasteiger partial charge in [-0.3, -0.25) is 0 Å². The second-order valence-corrected chi connectivity index (χ2v) is 7.94. The fourth-order valence-electron chi connectivity index (χ4n) is 2.05. The van der Waals surface area contributed by atoms with Crippen LogP contribution in [0, 0.1) is 0 Å². The topological polar surface area (TPSA) is 9.23 Å². The highest BCUT2D eigenvalue weighted by molar-refractivity contribution is 9.11. The van der Waals surface area contributed by atoms with E-state index in [1.165, 1.54) is 10.4 Å². The molecule has 2 unspecified atom stereocenters. The van der Waals surface area contributed by atoms with Gasteiger partial charge < -0.3 is 4.74 Å². The van der Waals surface area contributed by atoms with Gasteiger partial charge >= 0.3 is 0 Å². The molecule has 1 aliphatic rings. The van der Waals surface area contributed by atoms with Crippen LogP contribution in [0.3, 0.4) is 0 Å². The van der Waals surface area contributed by atoms with Crippen LogP contribution in [0.4, 0.5) is 0 Å². The summed E-state index contributed by atoms with van der Waals surface area (Å²) in [4.78, 5) is 1.35. The van der Waals surface area contributed by atoms with E-state index >= 15 is 0 Å². The minimum Gasteiger partial charge on any atom is -0.488 e. The predicted octanol–water partition coefficient (Wildman–Crippen LogP) is 5.60. The zero-order valence-electron chi connectivity index (χ0n) is 9.20. The van der Waals surface area contributed by atoms with Crippen LogP contribution < -0.4 is 4.74 Å². The van der Waals surface area contributed by atoms with Gasteiger partial charge in [0.05, 0.1) is 13.6 Å². The molecule has 2 heterocycles. The number of ether oxygens (including phenoxy) is 1. The van der Waals surface area contributed by atoms with Crippen molar-refractivity contribution >= 4 is 54.8 Å². The highest BCUT2D eigenvalue weighted by atomic mass is 79.9. The lowest BCUT2D eigenvalue weighted by atomic mass is 10.1. The Morgan fingerprint density at radius 1 is 1.39 bits per heavy atom. The number of alkyl halides is 1. The number of hydrogen-bond donors (Lipinski definition) is 0. The maximum atomic E-state index is 6.07. The summed E-state index contributed by atoms with van der Waals surface area (Å²) in [5.74, 6) is 0.994. The third-order valence-corrected chi connectivity index (χ3v) is 6.88. The molecule has 1 nitrogen and oxygen atoms in total. The molecule has 18 heavy (non-hydrogen) atoms. The Hall–Kier alpha value is -0.0300. The van der Waals surface area contributed by atoms with Gasteiger partial charge in [0, 0.05) is 11.3 Å². The van der Waals surface area contributed by atoms with Gasteiger partial charge in [-0.05, 0) is 33.6 Å². The molecule has 2 aromatic rings. The second-order valence-electron chi connectivity index (χ2n) is 4.14. The predicted molar refractivity (Wildman–Crippen MR) is 83.3 cm³/mol. The Kier molecular flexibility index (Phi) is 3.72. The first-order chi connectivity index (χ1) is 8.65. The molecule has 0 saturated carbocycles. The minimum atomic E-state index is 0.129. The molecular formula is C13H9Br2ClOS. The molecule has 0 saturated heterocycles. The van der Waals surface area contributed by atoms with Crippen LogP contribution in [0.5, 0.6) is 5.75 Å². The molecule has 1 aliphatic heterocycles. The monoisotopic (exact) mass is 406 g/mol. The molecule has 0 bridgehead atoms. The normalized spacial score (nSPS) is 19.4. The van der Waals surface area contributed by atoms with Gasteiger partial charge in [0.1, 0.15) is 11.9 Å². The Morgan fingerprint density at radius 2 is 2.17 bits per heavy atom. The second kappa shape index (κ2) is 5.16. The first-order valence-corrected chi connectivity index (χ1v) is 8.39. The Balaban J connectivity index is 1.82. The lowest BCUT2D eigenvalue weighted by molar-refractivity contribution is 0.233. The summed E-state index contributed by atoms with van der Waals surface area (Å²) >= 11 is 14.9. The van der Waals surface area contributed by atoms with E-state index in [9.17, 15) is 0 Å². The molecule has 0 N–H and O–H groups in total. The number of rotatable bonds is 2. The molecule has 0 radical (unpaired) electrons. The number of thiophene rings is 1. The van der Waals surface area contributed by atoms with Crippen molar-refractivity contribution in [3.8, 4) is 5.75 Å². The van der Waals surface area contributed by atoms with E-state index in [1.54, 1.807) is 11.3 Å². The standard InChI is InChI=1S/C13H9Br2ClOS/c14-12(11-6-8(16)13(15)18-11)10-5-7-3-1-2-4-9(7)17-10/h1-4,6,10,12H,5H2. The maximum absolute atomic E-state index is 6.07. The number of hydrogen-bond acceptors (Lipinski definition) is 2. The molecule has 2 atom stereocenters. The van der Waals surface area contributed by atoms with Crippen LogP contribution in [0.15, 0.2) is 34.1 Å². The molecule has 1 aromatic heterocycles. The number of para-hydroxylation sites is 1. The molecule has 0 amide bonds. The van der Waals surface area contributed by atoms with Gasteiger partial charge in [-0.15, -0.1) is 11.3 Å². The molecule has 0 fully saturated rings. The van der Waals surface area contributed by atoms with Crippen molar-refractivity contribution in [2.75, 3.05) is 0 Å². The first kappa shape index (κ1) is 13.0. The minimum absolute atomic E-state index is 0.129. The summed E-state index contributed by atoms with van der Waals surface area (Å²) in [6.45, 7) is 0. The molecule has 1 aromatic carbocycles. The Labute approximate surface area is 131 Å². The van der Waals surface area contributed by atoms with Crippen LogP contribution in [0.25, 0.3) is 0 Å². The van der Waals surface area contributed by atoms with E-state index in [4.69, 9.17) is 16.3 Å². The van der Waals surface area contributed by atoms with Crippen molar-refractivity contribution < 1.29 is 4.74 Å². The number of fused-ring (bicyclic) bond motifs is 1. The van der Waals surface area contributed by atoms with Crippen molar-refractivity contribution in [3.63, 3.8) is 0 Å². The molecule has 94 valence electrons. The van der Waals surface area contributed by atoms with Crippen molar-refractivity contribution in [1.82, 2.24) is 0 Å². The Morgan fingerprint density at radius 3 is 2.83 bits per heavy atom. The van der Waals surface area contributed by atoms with Gasteiger partial charge in [-0.1, -0.05) is 45.7 Å². The first-order valence-electron chi connectivity index (χ1n) is 5.48. The maximum Gasteiger partial charge on any atom is 0.123 e. The summed E-state index contributed by atoms with van der Waals surface area (Å²) in [6, 6.07) is 10.2. The van der Waals surface area contributed by atoms with Crippen LogP contribution in [0.2, 0.25) is 5.02 Å². The van der Waals surface area contributed by atoms with Crippen LogP contribution in [-0.4, -0.2) is 6.10 Å². The van der Waals surface area contributed by atoms with Crippen molar-refractivity contribution in [2.24, 2.45) is 0 Å². The summed E-state index contributed by atoms with van der Waals surface area (Å²) in [5.41, 5.74) is 1.27. The molecular weight excluding hydrogens is 399 g/mol. The Bertz CT molecular complexity index is 540. The quantitative estimate of drug-likeness (QED) is 0.588. The molecule has 0 aliphatic carbocycles. The van der Waals surface area contributed by atoms with Gasteiger partial charge in [0.15, 0.2) is 0 Å². The van der Waals surface area contributed by atoms with Crippen molar-refractivity contribution in [1.29, 1.82) is 0 Å². The summed E-state index contributed by atoms with van der Waals surface area (Å²) in [7, 11) is 0. The summed E-state index contributed by atoms with van der Waals surface area (Å²) < 4.78 is 6.95. The zero-order chi connectivity index (χ0) is 12.7. The van der Waals surface area contributed by atoms with E-state index in [0.717, 1.165) is 21.0 Å². The average Bonchev–Trinajstić information content (AvgIpc) is 2.93. The average molecular weight is 409 g/mol. The van der Waals surface area contributed by atoms with Crippen LogP contribution in [-0.2, 0) is 6.42 Å². The largest absolute Gasteiger partial charge is 0.488 e. The SMILES string of the molecule is Clc1cc(C(Br)C2Cc3ccccc3O2)sc1Br. The lowest BCUT2D eigenvalue weighted by Gasteiger charge is -2.16. The van der Waals surface area contributed by atoms with Crippen LogP contribution in [0.1, 0.15) is 15.3 Å². The van der Waals surface area contributed by atoms with E-state index < -0.39 is 0 Å². The van der Waals surface area contributed by atoms with Crippen molar-refractivity contribution in [3.05, 3.63) is 49.6 Å². The van der Waals surface area contributed by atoms with Crippen LogP contribution >= 0.6 is 54.8 Å². The van der Waals surface area contributed by atoms with E-state index in [0.29, 0.717) is 0 Å². The number of halogens is 3. The molecule has 0 spiro atoms. The van der Waals surface area contributed by atoms with Gasteiger partial charge in [0.2, 0.25) is 0 Å². The zero-order valence-corrected chi connectivity index (χ0v) is 13.9. The smallest absolute Gasteiger partial charge is 0.123 e. The summed E-state index contributed by atoms with van der Waals surface area (Å²) in [6.07, 6.45) is 1.06. The third-order valence-electron chi connectivity index (χ3n) is 2.93. The van der Waals surface area contributed by atoms with E-state index in [-0.39, 0.29) is 10.9 Å². The highest BCUT2D eigenvalue weighted by Crippen LogP contribution is 2.43.